The fraction of sp³-hybridized carbons (Fsp3) is 0.500. The highest BCUT2D eigenvalue weighted by Crippen LogP contribution is 2.20. The Hall–Kier alpha value is -2.24. The van der Waals surface area contributed by atoms with Gasteiger partial charge in [0.1, 0.15) is 11.8 Å². The minimum atomic E-state index is -0.952. The SMILES string of the molecule is CCCOc1cccc(C(NCCCN=[N+]=[N-])C(=O)O)c1. The molecule has 0 aromatic heterocycles. The van der Waals surface area contributed by atoms with E-state index in [1.165, 1.54) is 0 Å². The minimum absolute atomic E-state index is 0.343. The van der Waals surface area contributed by atoms with Gasteiger partial charge in [-0.1, -0.05) is 24.2 Å². The van der Waals surface area contributed by atoms with E-state index in [-0.39, 0.29) is 0 Å². The van der Waals surface area contributed by atoms with Gasteiger partial charge in [-0.2, -0.15) is 0 Å². The second kappa shape index (κ2) is 9.63. The maximum absolute atomic E-state index is 11.4. The molecule has 0 bridgehead atoms. The van der Waals surface area contributed by atoms with E-state index in [4.69, 9.17) is 10.3 Å². The van der Waals surface area contributed by atoms with Crippen molar-refractivity contribution < 1.29 is 14.6 Å². The Morgan fingerprint density at radius 3 is 3.05 bits per heavy atom. The number of rotatable bonds is 10. The number of ether oxygens (including phenoxy) is 1. The summed E-state index contributed by atoms with van der Waals surface area (Å²) in [5, 5.41) is 15.7. The molecule has 0 aliphatic carbocycles. The molecular formula is C14H20N4O3. The van der Waals surface area contributed by atoms with Crippen molar-refractivity contribution in [3.63, 3.8) is 0 Å². The summed E-state index contributed by atoms with van der Waals surface area (Å²) in [6, 6.07) is 6.26. The molecule has 1 aromatic rings. The smallest absolute Gasteiger partial charge is 0.325 e. The maximum atomic E-state index is 11.4. The van der Waals surface area contributed by atoms with E-state index in [2.05, 4.69) is 15.3 Å². The largest absolute Gasteiger partial charge is 0.494 e. The third kappa shape index (κ3) is 6.16. The number of hydrogen-bond donors (Lipinski definition) is 2. The van der Waals surface area contributed by atoms with Crippen molar-refractivity contribution in [3.05, 3.63) is 40.3 Å². The Morgan fingerprint density at radius 2 is 2.38 bits per heavy atom. The minimum Gasteiger partial charge on any atom is -0.494 e. The molecule has 0 aliphatic rings. The first-order valence-electron chi connectivity index (χ1n) is 6.88. The Labute approximate surface area is 123 Å². The molecule has 1 rings (SSSR count). The summed E-state index contributed by atoms with van der Waals surface area (Å²) in [6.07, 6.45) is 1.48. The van der Waals surface area contributed by atoms with E-state index < -0.39 is 12.0 Å². The van der Waals surface area contributed by atoms with Gasteiger partial charge in [0, 0.05) is 11.5 Å². The number of benzene rings is 1. The zero-order valence-electron chi connectivity index (χ0n) is 12.0. The third-order valence-electron chi connectivity index (χ3n) is 2.76. The van der Waals surface area contributed by atoms with Gasteiger partial charge < -0.3 is 15.2 Å². The molecule has 0 saturated heterocycles. The molecule has 0 amide bonds. The van der Waals surface area contributed by atoms with Gasteiger partial charge >= 0.3 is 5.97 Å². The van der Waals surface area contributed by atoms with Gasteiger partial charge in [0.2, 0.25) is 0 Å². The molecule has 0 radical (unpaired) electrons. The van der Waals surface area contributed by atoms with E-state index in [9.17, 15) is 9.90 Å². The number of nitrogens with zero attached hydrogens (tertiary/aromatic N) is 3. The molecule has 7 heteroatoms. The second-order valence-corrected chi connectivity index (χ2v) is 4.45. The van der Waals surface area contributed by atoms with Crippen LogP contribution in [-0.2, 0) is 4.79 Å². The molecule has 1 atom stereocenters. The lowest BCUT2D eigenvalue weighted by molar-refractivity contribution is -0.139. The van der Waals surface area contributed by atoms with Gasteiger partial charge in [-0.3, -0.25) is 4.79 Å². The number of aliphatic carboxylic acids is 1. The summed E-state index contributed by atoms with van der Waals surface area (Å²) in [4.78, 5) is 14.0. The zero-order chi connectivity index (χ0) is 15.5. The third-order valence-corrected chi connectivity index (χ3v) is 2.76. The van der Waals surface area contributed by atoms with Gasteiger partial charge in [0.25, 0.3) is 0 Å². The zero-order valence-corrected chi connectivity index (χ0v) is 12.0. The van der Waals surface area contributed by atoms with Crippen molar-refractivity contribution >= 4 is 5.97 Å². The van der Waals surface area contributed by atoms with Gasteiger partial charge in [0.05, 0.1) is 6.61 Å². The predicted molar refractivity (Wildman–Crippen MR) is 79.2 cm³/mol. The van der Waals surface area contributed by atoms with Gasteiger partial charge in [-0.25, -0.2) is 0 Å². The van der Waals surface area contributed by atoms with Crippen LogP contribution in [0.15, 0.2) is 29.4 Å². The predicted octanol–water partition coefficient (Wildman–Crippen LogP) is 2.89. The van der Waals surface area contributed by atoms with Crippen LogP contribution in [0.2, 0.25) is 0 Å². The first-order valence-corrected chi connectivity index (χ1v) is 6.88. The summed E-state index contributed by atoms with van der Waals surface area (Å²) in [5.74, 6) is -0.289. The highest BCUT2D eigenvalue weighted by Gasteiger charge is 2.19. The quantitative estimate of drug-likeness (QED) is 0.299. The van der Waals surface area contributed by atoms with Crippen molar-refractivity contribution in [3.8, 4) is 5.75 Å². The van der Waals surface area contributed by atoms with Gasteiger partial charge in [-0.15, -0.1) is 0 Å². The maximum Gasteiger partial charge on any atom is 0.325 e. The Bertz CT molecular complexity index is 501. The number of carboxylic acids is 1. The van der Waals surface area contributed by atoms with Crippen molar-refractivity contribution in [2.75, 3.05) is 19.7 Å². The van der Waals surface area contributed by atoms with Crippen LogP contribution < -0.4 is 10.1 Å². The van der Waals surface area contributed by atoms with Crippen LogP contribution in [0.4, 0.5) is 0 Å². The summed E-state index contributed by atoms with van der Waals surface area (Å²) < 4.78 is 5.51. The van der Waals surface area contributed by atoms with Crippen LogP contribution in [0.5, 0.6) is 5.75 Å². The van der Waals surface area contributed by atoms with Crippen molar-refractivity contribution in [2.24, 2.45) is 5.11 Å². The lowest BCUT2D eigenvalue weighted by Gasteiger charge is -2.15. The van der Waals surface area contributed by atoms with Crippen molar-refractivity contribution in [1.29, 1.82) is 0 Å². The average Bonchev–Trinajstić information content (AvgIpc) is 2.48. The molecule has 114 valence electrons. The number of carbonyl (C=O) groups is 1. The molecule has 1 aromatic carbocycles. The van der Waals surface area contributed by atoms with Crippen LogP contribution in [-0.4, -0.2) is 30.8 Å². The molecule has 0 fully saturated rings. The number of azide groups is 1. The van der Waals surface area contributed by atoms with Crippen LogP contribution in [0.25, 0.3) is 10.4 Å². The number of carboxylic acid groups (broad SMARTS) is 1. The first-order chi connectivity index (χ1) is 10.2. The summed E-state index contributed by atoms with van der Waals surface area (Å²) >= 11 is 0. The van der Waals surface area contributed by atoms with Crippen LogP contribution in [0.3, 0.4) is 0 Å². The molecule has 0 heterocycles. The Kier molecular flexibility index (Phi) is 7.71. The fourth-order valence-corrected chi connectivity index (χ4v) is 1.79. The average molecular weight is 292 g/mol. The monoisotopic (exact) mass is 292 g/mol. The molecule has 0 saturated carbocycles. The fourth-order valence-electron chi connectivity index (χ4n) is 1.79. The Balaban J connectivity index is 2.66. The molecular weight excluding hydrogens is 272 g/mol. The summed E-state index contributed by atoms with van der Waals surface area (Å²) in [7, 11) is 0. The van der Waals surface area contributed by atoms with E-state index >= 15 is 0 Å². The normalized spacial score (nSPS) is 11.5. The molecule has 21 heavy (non-hydrogen) atoms. The summed E-state index contributed by atoms with van der Waals surface area (Å²) in [6.45, 7) is 3.40. The van der Waals surface area contributed by atoms with Crippen molar-refractivity contribution in [2.45, 2.75) is 25.8 Å². The van der Waals surface area contributed by atoms with Gasteiger partial charge in [-0.05, 0) is 42.6 Å². The molecule has 1 unspecified atom stereocenters. The van der Waals surface area contributed by atoms with Crippen LogP contribution in [0.1, 0.15) is 31.4 Å². The van der Waals surface area contributed by atoms with Crippen LogP contribution >= 0.6 is 0 Å². The lowest BCUT2D eigenvalue weighted by atomic mass is 10.1. The van der Waals surface area contributed by atoms with E-state index in [1.807, 2.05) is 6.92 Å². The standard InChI is InChI=1S/C14H20N4O3/c1-2-9-21-12-6-3-5-11(10-12)13(14(19)20)16-7-4-8-17-18-15/h3,5-6,10,13,16H,2,4,7-9H2,1H3,(H,19,20). The van der Waals surface area contributed by atoms with E-state index in [1.54, 1.807) is 24.3 Å². The highest BCUT2D eigenvalue weighted by atomic mass is 16.5. The van der Waals surface area contributed by atoms with Crippen LogP contribution in [0, 0.1) is 0 Å². The molecule has 2 N–H and O–H groups in total. The lowest BCUT2D eigenvalue weighted by Crippen LogP contribution is -2.29. The number of nitrogens with one attached hydrogen (secondary N) is 1. The van der Waals surface area contributed by atoms with Gasteiger partial charge in [0.15, 0.2) is 0 Å². The first kappa shape index (κ1) is 16.8. The molecule has 0 spiro atoms. The van der Waals surface area contributed by atoms with E-state index in [0.717, 1.165) is 6.42 Å². The summed E-state index contributed by atoms with van der Waals surface area (Å²) in [5.41, 5.74) is 8.81. The van der Waals surface area contributed by atoms with Crippen molar-refractivity contribution in [1.82, 2.24) is 5.32 Å². The molecule has 7 nitrogen and oxygen atoms in total. The number of hydrogen-bond acceptors (Lipinski definition) is 4. The topological polar surface area (TPSA) is 107 Å². The molecule has 0 aliphatic heterocycles. The highest BCUT2D eigenvalue weighted by molar-refractivity contribution is 5.75. The Morgan fingerprint density at radius 1 is 1.57 bits per heavy atom. The second-order valence-electron chi connectivity index (χ2n) is 4.45. The van der Waals surface area contributed by atoms with E-state index in [0.29, 0.717) is 37.4 Å².